The summed E-state index contributed by atoms with van der Waals surface area (Å²) >= 11 is 1.23. The predicted molar refractivity (Wildman–Crippen MR) is 123 cm³/mol. The van der Waals surface area contributed by atoms with Gasteiger partial charge in [-0.05, 0) is 18.6 Å². The summed E-state index contributed by atoms with van der Waals surface area (Å²) in [5.41, 5.74) is -0.0460. The van der Waals surface area contributed by atoms with E-state index in [1.165, 1.54) is 29.4 Å². The van der Waals surface area contributed by atoms with Crippen molar-refractivity contribution in [3.8, 4) is 11.4 Å². The van der Waals surface area contributed by atoms with Crippen LogP contribution in [0.3, 0.4) is 0 Å². The molecule has 0 aliphatic carbocycles. The minimum absolute atomic E-state index is 0.225. The number of hydrogen-bond donors (Lipinski definition) is 0. The van der Waals surface area contributed by atoms with Crippen LogP contribution in [0.5, 0.6) is 0 Å². The Bertz CT molecular complexity index is 1500. The lowest BCUT2D eigenvalue weighted by Gasteiger charge is -2.19. The quantitative estimate of drug-likeness (QED) is 0.331. The highest BCUT2D eigenvalue weighted by Crippen LogP contribution is 2.29. The molecule has 0 fully saturated rings. The second-order valence-corrected chi connectivity index (χ2v) is 9.74. The van der Waals surface area contributed by atoms with Crippen LogP contribution in [-0.4, -0.2) is 29.2 Å². The average Bonchev–Trinajstić information content (AvgIpc) is 3.24. The molecule has 0 radical (unpaired) electrons. The predicted octanol–water partition coefficient (Wildman–Crippen LogP) is 3.11. The van der Waals surface area contributed by atoms with E-state index in [4.69, 9.17) is 4.52 Å². The monoisotopic (exact) mass is 470 g/mol. The number of hydrogen-bond acceptors (Lipinski definition) is 8. The van der Waals surface area contributed by atoms with Gasteiger partial charge in [0.2, 0.25) is 11.7 Å². The largest absolute Gasteiger partial charge is 0.338 e. The molecule has 33 heavy (non-hydrogen) atoms. The molecule has 1 aromatic carbocycles. The highest BCUT2D eigenvalue weighted by atomic mass is 32.2. The van der Waals surface area contributed by atoms with Crippen molar-refractivity contribution in [2.45, 2.75) is 43.9 Å². The maximum Gasteiger partial charge on any atom is 0.332 e. The highest BCUT2D eigenvalue weighted by Gasteiger charge is 2.24. The molecule has 0 amide bonds. The Kier molecular flexibility index (Phi) is 5.69. The first kappa shape index (κ1) is 22.8. The Hall–Kier alpha value is -3.34. The van der Waals surface area contributed by atoms with Crippen LogP contribution in [0, 0.1) is 12.7 Å². The van der Waals surface area contributed by atoms with Crippen LogP contribution >= 0.6 is 11.8 Å². The Morgan fingerprint density at radius 3 is 2.48 bits per heavy atom. The van der Waals surface area contributed by atoms with Crippen LogP contribution in [-0.2, 0) is 25.3 Å². The maximum absolute atomic E-state index is 13.9. The molecule has 172 valence electrons. The lowest BCUT2D eigenvalue weighted by Crippen LogP contribution is -2.38. The Labute approximate surface area is 192 Å². The summed E-state index contributed by atoms with van der Waals surface area (Å²) < 4.78 is 21.6. The molecule has 4 rings (SSSR count). The van der Waals surface area contributed by atoms with E-state index >= 15 is 0 Å². The van der Waals surface area contributed by atoms with Crippen LogP contribution < -0.4 is 11.2 Å². The van der Waals surface area contributed by atoms with Crippen LogP contribution in [0.25, 0.3) is 22.4 Å². The molecule has 3 aromatic heterocycles. The minimum Gasteiger partial charge on any atom is -0.338 e. The molecule has 9 nitrogen and oxygen atoms in total. The molecule has 0 bridgehead atoms. The van der Waals surface area contributed by atoms with E-state index in [1.807, 2.05) is 20.8 Å². The van der Waals surface area contributed by atoms with E-state index < -0.39 is 16.7 Å². The lowest BCUT2D eigenvalue weighted by atomic mass is 9.96. The molecule has 11 heteroatoms. The smallest absolute Gasteiger partial charge is 0.332 e. The first-order chi connectivity index (χ1) is 15.5. The number of aryl methyl sites for hydroxylation is 2. The molecule has 0 unspecified atom stereocenters. The Morgan fingerprint density at radius 2 is 1.82 bits per heavy atom. The summed E-state index contributed by atoms with van der Waals surface area (Å²) in [7, 11) is 2.99. The van der Waals surface area contributed by atoms with Crippen molar-refractivity contribution >= 4 is 22.8 Å². The van der Waals surface area contributed by atoms with E-state index in [-0.39, 0.29) is 28.4 Å². The molecule has 0 aliphatic rings. The number of nitrogens with zero attached hydrogens (tertiary/aromatic N) is 6. The summed E-state index contributed by atoms with van der Waals surface area (Å²) in [5, 5.41) is 4.60. The van der Waals surface area contributed by atoms with Crippen molar-refractivity contribution in [2.75, 3.05) is 0 Å². The van der Waals surface area contributed by atoms with Crippen molar-refractivity contribution < 1.29 is 8.91 Å². The SMILES string of the molecule is Cc1ccc(-c2noc(CSc3nc(C(C)(C)C)nc4c3c(=O)n(C)c(=O)n4C)n2)cc1F. The number of halogens is 1. The molecule has 0 saturated heterocycles. The van der Waals surface area contributed by atoms with Gasteiger partial charge in [-0.15, -0.1) is 0 Å². The van der Waals surface area contributed by atoms with Gasteiger partial charge in [0.1, 0.15) is 22.1 Å². The molecule has 0 atom stereocenters. The second kappa shape index (κ2) is 8.22. The number of fused-ring (bicyclic) bond motifs is 1. The average molecular weight is 471 g/mol. The van der Waals surface area contributed by atoms with E-state index in [2.05, 4.69) is 20.1 Å². The summed E-state index contributed by atoms with van der Waals surface area (Å²) in [6, 6.07) is 4.73. The molecule has 3 heterocycles. The third-order valence-electron chi connectivity index (χ3n) is 5.17. The molecular formula is C22H23FN6O3S. The number of aromatic nitrogens is 6. The van der Waals surface area contributed by atoms with Crippen LogP contribution in [0.15, 0.2) is 37.3 Å². The van der Waals surface area contributed by atoms with Gasteiger partial charge in [0.25, 0.3) is 5.56 Å². The first-order valence-electron chi connectivity index (χ1n) is 10.2. The van der Waals surface area contributed by atoms with Gasteiger partial charge in [-0.3, -0.25) is 13.9 Å². The van der Waals surface area contributed by atoms with Gasteiger partial charge in [0.05, 0.1) is 5.75 Å². The third kappa shape index (κ3) is 4.20. The number of rotatable bonds is 4. The van der Waals surface area contributed by atoms with Gasteiger partial charge in [0.15, 0.2) is 5.65 Å². The fourth-order valence-corrected chi connectivity index (χ4v) is 4.01. The van der Waals surface area contributed by atoms with Gasteiger partial charge < -0.3 is 4.52 Å². The van der Waals surface area contributed by atoms with Crippen molar-refractivity contribution in [1.29, 1.82) is 0 Å². The molecule has 0 saturated carbocycles. The molecule has 4 aromatic rings. The van der Waals surface area contributed by atoms with Crippen molar-refractivity contribution in [2.24, 2.45) is 14.1 Å². The van der Waals surface area contributed by atoms with E-state index in [0.717, 1.165) is 4.57 Å². The zero-order valence-electron chi connectivity index (χ0n) is 19.1. The fourth-order valence-electron chi connectivity index (χ4n) is 3.16. The topological polar surface area (TPSA) is 109 Å². The van der Waals surface area contributed by atoms with Crippen molar-refractivity contribution in [3.05, 3.63) is 62.1 Å². The van der Waals surface area contributed by atoms with Gasteiger partial charge in [-0.2, -0.15) is 4.98 Å². The van der Waals surface area contributed by atoms with Gasteiger partial charge >= 0.3 is 5.69 Å². The van der Waals surface area contributed by atoms with Gasteiger partial charge in [-0.25, -0.2) is 19.2 Å². The Morgan fingerprint density at radius 1 is 1.09 bits per heavy atom. The minimum atomic E-state index is -0.475. The molecule has 0 N–H and O–H groups in total. The third-order valence-corrected chi connectivity index (χ3v) is 6.13. The van der Waals surface area contributed by atoms with E-state index in [1.54, 1.807) is 26.1 Å². The van der Waals surface area contributed by atoms with Gasteiger partial charge in [-0.1, -0.05) is 49.8 Å². The fraction of sp³-hybridized carbons (Fsp3) is 0.364. The summed E-state index contributed by atoms with van der Waals surface area (Å²) in [6.07, 6.45) is 0. The zero-order valence-corrected chi connectivity index (χ0v) is 19.9. The number of thioether (sulfide) groups is 1. The molecular weight excluding hydrogens is 447 g/mol. The van der Waals surface area contributed by atoms with Crippen molar-refractivity contribution in [1.82, 2.24) is 29.2 Å². The standard InChI is InChI=1S/C22H23FN6O3S/c1-11-7-8-12(9-13(11)23)16-24-14(32-27-16)10-33-18-15-17(25-20(26-18)22(2,3)4)28(5)21(31)29(6)19(15)30/h7-9H,10H2,1-6H3. The van der Waals surface area contributed by atoms with E-state index in [0.29, 0.717) is 27.9 Å². The lowest BCUT2D eigenvalue weighted by molar-refractivity contribution is 0.391. The number of benzene rings is 1. The van der Waals surface area contributed by atoms with Crippen LogP contribution in [0.4, 0.5) is 4.39 Å². The van der Waals surface area contributed by atoms with Gasteiger partial charge in [0, 0.05) is 25.1 Å². The maximum atomic E-state index is 13.9. The van der Waals surface area contributed by atoms with Crippen LogP contribution in [0.1, 0.15) is 38.0 Å². The zero-order chi connectivity index (χ0) is 24.1. The molecule has 0 aliphatic heterocycles. The Balaban J connectivity index is 1.74. The summed E-state index contributed by atoms with van der Waals surface area (Å²) in [6.45, 7) is 7.53. The highest BCUT2D eigenvalue weighted by molar-refractivity contribution is 7.98. The normalized spacial score (nSPS) is 12.0. The summed E-state index contributed by atoms with van der Waals surface area (Å²) in [5.74, 6) is 0.939. The van der Waals surface area contributed by atoms with E-state index in [9.17, 15) is 14.0 Å². The molecule has 0 spiro atoms. The first-order valence-corrected chi connectivity index (χ1v) is 11.2. The van der Waals surface area contributed by atoms with Crippen LogP contribution in [0.2, 0.25) is 0 Å². The van der Waals surface area contributed by atoms with Crippen molar-refractivity contribution in [3.63, 3.8) is 0 Å². The summed E-state index contributed by atoms with van der Waals surface area (Å²) in [4.78, 5) is 38.8. The second-order valence-electron chi connectivity index (χ2n) is 8.77.